The molecule has 0 aromatic heterocycles. The Hall–Kier alpha value is -0.603. The standard InChI is InChI=1S/C11H18OSi/c1-2-3-9-11(13-12)10-7-5-4-6-8-10/h4-8,11-12H,2-3,9,13H2,1H3. The van der Waals surface area contributed by atoms with Crippen LogP contribution in [0.1, 0.15) is 37.3 Å². The molecule has 0 aliphatic rings. The van der Waals surface area contributed by atoms with Gasteiger partial charge >= 0.3 is 0 Å². The summed E-state index contributed by atoms with van der Waals surface area (Å²) in [4.78, 5) is 9.34. The van der Waals surface area contributed by atoms with Gasteiger partial charge in [0, 0.05) is 0 Å². The number of unbranched alkanes of at least 4 members (excludes halogenated alkanes) is 1. The second kappa shape index (κ2) is 5.94. The van der Waals surface area contributed by atoms with Crippen LogP contribution >= 0.6 is 0 Å². The zero-order valence-electron chi connectivity index (χ0n) is 8.24. The third-order valence-electron chi connectivity index (χ3n) is 2.40. The molecule has 0 aliphatic carbocycles. The number of hydrogen-bond donors (Lipinski definition) is 1. The summed E-state index contributed by atoms with van der Waals surface area (Å²) < 4.78 is 0. The predicted octanol–water partition coefficient (Wildman–Crippen LogP) is 1.99. The molecule has 0 saturated heterocycles. The molecule has 13 heavy (non-hydrogen) atoms. The van der Waals surface area contributed by atoms with Crippen molar-refractivity contribution in [1.29, 1.82) is 0 Å². The van der Waals surface area contributed by atoms with Crippen molar-refractivity contribution in [2.24, 2.45) is 0 Å². The molecule has 1 N–H and O–H groups in total. The lowest BCUT2D eigenvalue weighted by molar-refractivity contribution is 0.562. The maximum atomic E-state index is 9.34. The van der Waals surface area contributed by atoms with Crippen molar-refractivity contribution in [1.82, 2.24) is 0 Å². The van der Waals surface area contributed by atoms with Crippen LogP contribution in [-0.2, 0) is 0 Å². The maximum absolute atomic E-state index is 9.34. The van der Waals surface area contributed by atoms with Gasteiger partial charge in [-0.05, 0) is 17.5 Å². The molecule has 0 radical (unpaired) electrons. The van der Waals surface area contributed by atoms with Gasteiger partial charge in [0.1, 0.15) is 0 Å². The average Bonchev–Trinajstić information content (AvgIpc) is 2.21. The molecule has 0 amide bonds. The third-order valence-corrected chi connectivity index (χ3v) is 3.72. The van der Waals surface area contributed by atoms with Gasteiger partial charge in [0.05, 0.1) is 0 Å². The van der Waals surface area contributed by atoms with Gasteiger partial charge in [0.2, 0.25) is 0 Å². The Morgan fingerprint density at radius 2 is 2.00 bits per heavy atom. The molecule has 1 atom stereocenters. The molecular weight excluding hydrogens is 176 g/mol. The quantitative estimate of drug-likeness (QED) is 0.711. The summed E-state index contributed by atoms with van der Waals surface area (Å²) in [6, 6.07) is 10.4. The van der Waals surface area contributed by atoms with Crippen molar-refractivity contribution in [3.8, 4) is 0 Å². The van der Waals surface area contributed by atoms with Crippen molar-refractivity contribution < 1.29 is 4.80 Å². The molecule has 0 aliphatic heterocycles. The number of hydrogen-bond acceptors (Lipinski definition) is 1. The van der Waals surface area contributed by atoms with E-state index >= 15 is 0 Å². The van der Waals surface area contributed by atoms with Crippen LogP contribution in [-0.4, -0.2) is 14.6 Å². The van der Waals surface area contributed by atoms with E-state index in [0.717, 1.165) is 6.42 Å². The molecule has 0 fully saturated rings. The Kier molecular flexibility index (Phi) is 4.79. The van der Waals surface area contributed by atoms with E-state index in [1.54, 1.807) is 0 Å². The molecule has 2 heteroatoms. The molecule has 0 bridgehead atoms. The molecule has 0 heterocycles. The molecule has 1 rings (SSSR count). The van der Waals surface area contributed by atoms with Gasteiger partial charge in [0.15, 0.2) is 9.76 Å². The fourth-order valence-corrected chi connectivity index (χ4v) is 2.49. The zero-order chi connectivity index (χ0) is 9.52. The SMILES string of the molecule is CCCCC([SiH2]O)c1ccccc1. The second-order valence-electron chi connectivity index (χ2n) is 3.43. The van der Waals surface area contributed by atoms with Gasteiger partial charge in [-0.3, -0.25) is 0 Å². The Bertz CT molecular complexity index is 223. The highest BCUT2D eigenvalue weighted by atomic mass is 28.2. The number of benzene rings is 1. The van der Waals surface area contributed by atoms with Crippen LogP contribution in [0.3, 0.4) is 0 Å². The smallest absolute Gasteiger partial charge is 0.164 e. The Morgan fingerprint density at radius 1 is 1.31 bits per heavy atom. The van der Waals surface area contributed by atoms with Gasteiger partial charge in [-0.25, -0.2) is 0 Å². The predicted molar refractivity (Wildman–Crippen MR) is 59.5 cm³/mol. The summed E-state index contributed by atoms with van der Waals surface area (Å²) >= 11 is 0. The minimum atomic E-state index is -0.891. The number of rotatable bonds is 5. The average molecular weight is 194 g/mol. The molecule has 0 spiro atoms. The topological polar surface area (TPSA) is 20.2 Å². The van der Waals surface area contributed by atoms with Crippen molar-refractivity contribution >= 4 is 9.76 Å². The minimum absolute atomic E-state index is 0.473. The van der Waals surface area contributed by atoms with Gasteiger partial charge in [-0.15, -0.1) is 0 Å². The second-order valence-corrected chi connectivity index (χ2v) is 4.78. The monoisotopic (exact) mass is 194 g/mol. The maximum Gasteiger partial charge on any atom is 0.164 e. The normalized spacial score (nSPS) is 13.7. The summed E-state index contributed by atoms with van der Waals surface area (Å²) in [6.45, 7) is 2.20. The van der Waals surface area contributed by atoms with Crippen molar-refractivity contribution in [3.63, 3.8) is 0 Å². The lowest BCUT2D eigenvalue weighted by Crippen LogP contribution is -2.07. The van der Waals surface area contributed by atoms with Crippen molar-refractivity contribution in [2.45, 2.75) is 31.7 Å². The van der Waals surface area contributed by atoms with E-state index in [1.165, 1.54) is 18.4 Å². The zero-order valence-corrected chi connectivity index (χ0v) is 9.65. The summed E-state index contributed by atoms with van der Waals surface area (Å²) in [5.41, 5.74) is 1.80. The molecule has 1 unspecified atom stereocenters. The molecule has 0 saturated carbocycles. The van der Waals surface area contributed by atoms with E-state index in [4.69, 9.17) is 0 Å². The van der Waals surface area contributed by atoms with Crippen LogP contribution in [0.25, 0.3) is 0 Å². The van der Waals surface area contributed by atoms with Crippen LogP contribution in [0.2, 0.25) is 0 Å². The fourth-order valence-electron chi connectivity index (χ4n) is 1.54. The van der Waals surface area contributed by atoms with Crippen LogP contribution in [0.4, 0.5) is 0 Å². The lowest BCUT2D eigenvalue weighted by atomic mass is 10.1. The lowest BCUT2D eigenvalue weighted by Gasteiger charge is -2.12. The van der Waals surface area contributed by atoms with E-state index < -0.39 is 9.76 Å². The van der Waals surface area contributed by atoms with Crippen molar-refractivity contribution in [2.75, 3.05) is 0 Å². The highest BCUT2D eigenvalue weighted by molar-refractivity contribution is 6.28. The van der Waals surface area contributed by atoms with Gasteiger partial charge in [-0.1, -0.05) is 50.1 Å². The van der Waals surface area contributed by atoms with Crippen LogP contribution in [0.5, 0.6) is 0 Å². The molecular formula is C11H18OSi. The highest BCUT2D eigenvalue weighted by Crippen LogP contribution is 2.19. The first kappa shape index (κ1) is 10.5. The summed E-state index contributed by atoms with van der Waals surface area (Å²) in [5.74, 6) is 0. The van der Waals surface area contributed by atoms with Crippen molar-refractivity contribution in [3.05, 3.63) is 35.9 Å². The molecule has 1 aromatic rings. The molecule has 1 nitrogen and oxygen atoms in total. The van der Waals surface area contributed by atoms with E-state index in [0.29, 0.717) is 5.54 Å². The fraction of sp³-hybridized carbons (Fsp3) is 0.455. The van der Waals surface area contributed by atoms with Crippen LogP contribution in [0.15, 0.2) is 30.3 Å². The van der Waals surface area contributed by atoms with Gasteiger partial charge in [0.25, 0.3) is 0 Å². The molecule has 1 aromatic carbocycles. The molecule has 72 valence electrons. The van der Waals surface area contributed by atoms with E-state index in [1.807, 2.05) is 6.07 Å². The van der Waals surface area contributed by atoms with E-state index in [-0.39, 0.29) is 0 Å². The van der Waals surface area contributed by atoms with Gasteiger partial charge < -0.3 is 4.80 Å². The summed E-state index contributed by atoms with van der Waals surface area (Å²) in [6.07, 6.45) is 3.61. The van der Waals surface area contributed by atoms with E-state index in [9.17, 15) is 4.80 Å². The van der Waals surface area contributed by atoms with Crippen LogP contribution < -0.4 is 0 Å². The largest absolute Gasteiger partial charge is 0.438 e. The summed E-state index contributed by atoms with van der Waals surface area (Å²) in [7, 11) is -0.891. The third kappa shape index (κ3) is 3.33. The Morgan fingerprint density at radius 3 is 2.54 bits per heavy atom. The Labute approximate surface area is 82.7 Å². The first-order chi connectivity index (χ1) is 6.38. The first-order valence-electron chi connectivity index (χ1n) is 5.04. The Balaban J connectivity index is 2.56. The summed E-state index contributed by atoms with van der Waals surface area (Å²) in [5, 5.41) is 0. The minimum Gasteiger partial charge on any atom is -0.438 e. The van der Waals surface area contributed by atoms with Crippen LogP contribution in [0, 0.1) is 0 Å². The first-order valence-corrected chi connectivity index (χ1v) is 6.49. The highest BCUT2D eigenvalue weighted by Gasteiger charge is 2.09. The van der Waals surface area contributed by atoms with Gasteiger partial charge in [-0.2, -0.15) is 0 Å². The van der Waals surface area contributed by atoms with E-state index in [2.05, 4.69) is 31.2 Å².